The van der Waals surface area contributed by atoms with Crippen LogP contribution in [0, 0.1) is 5.92 Å². The van der Waals surface area contributed by atoms with Gasteiger partial charge in [0.1, 0.15) is 11.7 Å². The summed E-state index contributed by atoms with van der Waals surface area (Å²) in [6.07, 6.45) is -0.982. The Labute approximate surface area is 132 Å². The summed E-state index contributed by atoms with van der Waals surface area (Å²) in [6, 6.07) is 19.0. The first-order chi connectivity index (χ1) is 10.5. The fourth-order valence-electron chi connectivity index (χ4n) is 2.39. The van der Waals surface area contributed by atoms with E-state index in [9.17, 15) is 10.2 Å². The summed E-state index contributed by atoms with van der Waals surface area (Å²) in [5.41, 5.74) is 0.417. The molecule has 3 nitrogen and oxygen atoms in total. The third kappa shape index (κ3) is 3.95. The number of hydrogen-bond donors (Lipinski definition) is 2. The molecule has 0 heterocycles. The van der Waals surface area contributed by atoms with Crippen molar-refractivity contribution >= 4 is 0 Å². The highest BCUT2D eigenvalue weighted by atomic mass is 16.5. The van der Waals surface area contributed by atoms with Gasteiger partial charge in [0.25, 0.3) is 0 Å². The minimum atomic E-state index is -1.32. The van der Waals surface area contributed by atoms with Crippen molar-refractivity contribution in [1.82, 2.24) is 0 Å². The number of benzene rings is 2. The molecule has 0 saturated heterocycles. The molecule has 0 bridgehead atoms. The number of ether oxygens (including phenoxy) is 1. The minimum absolute atomic E-state index is 0.0790. The van der Waals surface area contributed by atoms with Gasteiger partial charge >= 0.3 is 0 Å². The predicted molar refractivity (Wildman–Crippen MR) is 87.3 cm³/mol. The quantitative estimate of drug-likeness (QED) is 0.824. The van der Waals surface area contributed by atoms with Gasteiger partial charge in [0, 0.05) is 0 Å². The summed E-state index contributed by atoms with van der Waals surface area (Å²) in [5, 5.41) is 21.5. The normalized spacial score (nSPS) is 15.5. The molecule has 2 aromatic carbocycles. The van der Waals surface area contributed by atoms with Crippen LogP contribution in [-0.4, -0.2) is 22.4 Å². The second kappa shape index (κ2) is 7.54. The molecule has 2 N–H and O–H groups in total. The first-order valence-corrected chi connectivity index (χ1v) is 7.61. The average molecular weight is 300 g/mol. The van der Waals surface area contributed by atoms with Crippen LogP contribution in [0.1, 0.15) is 31.1 Å². The van der Waals surface area contributed by atoms with Gasteiger partial charge in [0.2, 0.25) is 0 Å². The van der Waals surface area contributed by atoms with Gasteiger partial charge in [-0.25, -0.2) is 0 Å². The van der Waals surface area contributed by atoms with Crippen LogP contribution in [0.15, 0.2) is 60.7 Å². The van der Waals surface area contributed by atoms with E-state index in [1.165, 1.54) is 0 Å². The summed E-state index contributed by atoms with van der Waals surface area (Å²) in [5.74, 6) is -0.140. The Morgan fingerprint density at radius 2 is 1.50 bits per heavy atom. The average Bonchev–Trinajstić information content (AvgIpc) is 2.55. The van der Waals surface area contributed by atoms with Crippen LogP contribution in [0.3, 0.4) is 0 Å². The first kappa shape index (κ1) is 16.7. The molecule has 0 aliphatic heterocycles. The van der Waals surface area contributed by atoms with E-state index in [2.05, 4.69) is 0 Å². The fourth-order valence-corrected chi connectivity index (χ4v) is 2.39. The Morgan fingerprint density at radius 1 is 0.955 bits per heavy atom. The highest BCUT2D eigenvalue weighted by Crippen LogP contribution is 2.32. The summed E-state index contributed by atoms with van der Waals surface area (Å²) < 4.78 is 5.68. The molecule has 118 valence electrons. The minimum Gasteiger partial charge on any atom is -0.385 e. The molecule has 0 spiro atoms. The molecule has 0 unspecified atom stereocenters. The van der Waals surface area contributed by atoms with Crippen LogP contribution in [0.2, 0.25) is 0 Å². The number of aliphatic hydroxyl groups excluding tert-OH is 1. The molecule has 0 aliphatic rings. The van der Waals surface area contributed by atoms with E-state index in [1.807, 2.05) is 74.5 Å². The number of rotatable bonds is 7. The second-order valence-corrected chi connectivity index (χ2v) is 5.94. The molecular weight excluding hydrogens is 276 g/mol. The topological polar surface area (TPSA) is 49.7 Å². The number of hydrogen-bond acceptors (Lipinski definition) is 3. The summed E-state index contributed by atoms with van der Waals surface area (Å²) in [7, 11) is 0. The lowest BCUT2D eigenvalue weighted by molar-refractivity contribution is -0.151. The third-order valence-corrected chi connectivity index (χ3v) is 4.03. The number of aliphatic hydroxyl groups is 2. The molecule has 0 radical (unpaired) electrons. The molecular formula is C19H24O3. The van der Waals surface area contributed by atoms with E-state index in [1.54, 1.807) is 0 Å². The Kier molecular flexibility index (Phi) is 5.72. The zero-order valence-electron chi connectivity index (χ0n) is 13.1. The van der Waals surface area contributed by atoms with Crippen LogP contribution in [0.5, 0.6) is 0 Å². The molecule has 0 aliphatic carbocycles. The Balaban J connectivity index is 2.05. The van der Waals surface area contributed by atoms with Gasteiger partial charge in [-0.3, -0.25) is 0 Å². The predicted octanol–water partition coefficient (Wildman–Crippen LogP) is 3.32. The van der Waals surface area contributed by atoms with Crippen molar-refractivity contribution in [3.8, 4) is 0 Å². The van der Waals surface area contributed by atoms with Gasteiger partial charge in [-0.05, 0) is 17.0 Å². The molecule has 0 amide bonds. The van der Waals surface area contributed by atoms with Gasteiger partial charge in [-0.2, -0.15) is 0 Å². The smallest absolute Gasteiger partial charge is 0.120 e. The van der Waals surface area contributed by atoms with E-state index in [0.29, 0.717) is 12.2 Å². The van der Waals surface area contributed by atoms with Crippen molar-refractivity contribution in [2.24, 2.45) is 5.92 Å². The van der Waals surface area contributed by atoms with Gasteiger partial charge in [0.05, 0.1) is 13.2 Å². The molecule has 0 saturated carbocycles. The second-order valence-electron chi connectivity index (χ2n) is 5.94. The van der Waals surface area contributed by atoms with Gasteiger partial charge in [-0.15, -0.1) is 0 Å². The molecule has 0 aromatic heterocycles. The maximum Gasteiger partial charge on any atom is 0.120 e. The van der Waals surface area contributed by atoms with E-state index in [0.717, 1.165) is 5.56 Å². The first-order valence-electron chi connectivity index (χ1n) is 7.61. The zero-order valence-corrected chi connectivity index (χ0v) is 13.1. The van der Waals surface area contributed by atoms with Gasteiger partial charge in [0.15, 0.2) is 0 Å². The van der Waals surface area contributed by atoms with Crippen LogP contribution >= 0.6 is 0 Å². The lowest BCUT2D eigenvalue weighted by Crippen LogP contribution is -2.46. The molecule has 2 aromatic rings. The molecule has 0 fully saturated rings. The van der Waals surface area contributed by atoms with Crippen molar-refractivity contribution in [2.75, 3.05) is 6.61 Å². The Morgan fingerprint density at radius 3 is 2.05 bits per heavy atom. The monoisotopic (exact) mass is 300 g/mol. The molecule has 3 heteroatoms. The van der Waals surface area contributed by atoms with Gasteiger partial charge in [-0.1, -0.05) is 74.5 Å². The molecule has 2 atom stereocenters. The van der Waals surface area contributed by atoms with Gasteiger partial charge < -0.3 is 14.9 Å². The zero-order chi connectivity index (χ0) is 16.0. The SMILES string of the molecule is CC(C)[C@@](O)(COCc1ccccc1)[C@H](O)c1ccccc1. The van der Waals surface area contributed by atoms with Crippen LogP contribution in [0.4, 0.5) is 0 Å². The van der Waals surface area contributed by atoms with E-state index < -0.39 is 11.7 Å². The lowest BCUT2D eigenvalue weighted by Gasteiger charge is -2.36. The molecule has 22 heavy (non-hydrogen) atoms. The summed E-state index contributed by atoms with van der Waals surface area (Å²) >= 11 is 0. The Hall–Kier alpha value is -1.68. The van der Waals surface area contributed by atoms with E-state index in [4.69, 9.17) is 4.74 Å². The van der Waals surface area contributed by atoms with Crippen LogP contribution in [0.25, 0.3) is 0 Å². The van der Waals surface area contributed by atoms with Crippen molar-refractivity contribution < 1.29 is 14.9 Å². The standard InChI is InChI=1S/C19H24O3/c1-15(2)19(21,18(20)17-11-7-4-8-12-17)14-22-13-16-9-5-3-6-10-16/h3-12,15,18,20-21H,13-14H2,1-2H3/t18-,19+/m1/s1. The lowest BCUT2D eigenvalue weighted by atomic mass is 9.82. The van der Waals surface area contributed by atoms with Crippen LogP contribution in [-0.2, 0) is 11.3 Å². The highest BCUT2D eigenvalue weighted by Gasteiger charge is 2.40. The summed E-state index contributed by atoms with van der Waals surface area (Å²) in [6.45, 7) is 4.27. The molecule has 2 rings (SSSR count). The van der Waals surface area contributed by atoms with E-state index in [-0.39, 0.29) is 12.5 Å². The van der Waals surface area contributed by atoms with Crippen LogP contribution < -0.4 is 0 Å². The van der Waals surface area contributed by atoms with Crippen molar-refractivity contribution in [3.05, 3.63) is 71.8 Å². The fraction of sp³-hybridized carbons (Fsp3) is 0.368. The van der Waals surface area contributed by atoms with Crippen molar-refractivity contribution in [3.63, 3.8) is 0 Å². The Bertz CT molecular complexity index is 553. The maximum atomic E-state index is 10.9. The highest BCUT2D eigenvalue weighted by molar-refractivity contribution is 5.21. The van der Waals surface area contributed by atoms with Crippen molar-refractivity contribution in [1.29, 1.82) is 0 Å². The maximum absolute atomic E-state index is 10.9. The van der Waals surface area contributed by atoms with Crippen molar-refractivity contribution in [2.45, 2.75) is 32.2 Å². The van der Waals surface area contributed by atoms with E-state index >= 15 is 0 Å². The third-order valence-electron chi connectivity index (χ3n) is 4.03. The summed E-state index contributed by atoms with van der Waals surface area (Å²) in [4.78, 5) is 0. The largest absolute Gasteiger partial charge is 0.385 e.